The van der Waals surface area contributed by atoms with Crippen LogP contribution in [0.5, 0.6) is 5.75 Å². The maximum atomic E-state index is 13.2. The van der Waals surface area contributed by atoms with Crippen LogP contribution in [0.2, 0.25) is 0 Å². The lowest BCUT2D eigenvalue weighted by Gasteiger charge is -2.50. The maximum absolute atomic E-state index is 13.2. The Hall–Kier alpha value is -4.37. The molecule has 4 rings (SSSR count). The SMILES string of the molecule is Cn1c2ccc(OCC(O/N=C(\C(=O)N[C@@H]3C(=O)N(OS(=O)(=O)O)C3(C)C)c3csc(N)n3)C(=O)O)cc2c[n+]1CCCN. The fourth-order valence-electron chi connectivity index (χ4n) is 4.33. The number of benzene rings is 1. The number of fused-ring (bicyclic) bond motifs is 1. The van der Waals surface area contributed by atoms with E-state index in [0.717, 1.165) is 28.7 Å². The molecule has 1 saturated heterocycles. The van der Waals surface area contributed by atoms with Gasteiger partial charge in [-0.05, 0) is 38.6 Å². The quantitative estimate of drug-likeness (QED) is 0.0457. The summed E-state index contributed by atoms with van der Waals surface area (Å²) < 4.78 is 45.0. The van der Waals surface area contributed by atoms with Gasteiger partial charge in [-0.3, -0.25) is 14.1 Å². The van der Waals surface area contributed by atoms with Crippen LogP contribution in [0.3, 0.4) is 0 Å². The van der Waals surface area contributed by atoms with Gasteiger partial charge in [-0.25, -0.2) is 9.78 Å². The first kappa shape index (κ1) is 32.5. The summed E-state index contributed by atoms with van der Waals surface area (Å²) in [6, 6.07) is 3.90. The minimum atomic E-state index is -5.01. The van der Waals surface area contributed by atoms with Crippen LogP contribution in [0.1, 0.15) is 26.0 Å². The van der Waals surface area contributed by atoms with E-state index in [1.165, 1.54) is 19.2 Å². The van der Waals surface area contributed by atoms with Crippen LogP contribution in [-0.2, 0) is 47.5 Å². The topological polar surface area (TPSA) is 255 Å². The number of thiazole rings is 1. The molecule has 0 saturated carbocycles. The minimum absolute atomic E-state index is 0.0621. The minimum Gasteiger partial charge on any atom is -0.489 e. The number of aryl methyl sites for hydroxylation is 2. The van der Waals surface area contributed by atoms with Gasteiger partial charge < -0.3 is 31.5 Å². The molecular formula is C24H31N8O10S2+. The molecule has 2 aromatic heterocycles. The lowest BCUT2D eigenvalue weighted by atomic mass is 9.84. The number of hydrogen-bond acceptors (Lipinski definition) is 13. The van der Waals surface area contributed by atoms with Gasteiger partial charge in [-0.15, -0.1) is 20.3 Å². The van der Waals surface area contributed by atoms with E-state index < -0.39 is 58.2 Å². The Morgan fingerprint density at radius 3 is 2.66 bits per heavy atom. The summed E-state index contributed by atoms with van der Waals surface area (Å²) in [6.07, 6.45) is 1.04. The number of aromatic nitrogens is 3. The van der Waals surface area contributed by atoms with Crippen LogP contribution in [0, 0.1) is 0 Å². The fourth-order valence-corrected chi connectivity index (χ4v) is 5.33. The summed E-state index contributed by atoms with van der Waals surface area (Å²) >= 11 is 0.962. The highest BCUT2D eigenvalue weighted by atomic mass is 32.3. The number of aliphatic carboxylic acids is 1. The molecule has 1 aliphatic heterocycles. The molecule has 1 aliphatic rings. The smallest absolute Gasteiger partial charge is 0.418 e. The monoisotopic (exact) mass is 655 g/mol. The number of carbonyl (C=O) groups is 3. The first-order chi connectivity index (χ1) is 20.6. The molecule has 0 bridgehead atoms. The van der Waals surface area contributed by atoms with Gasteiger partial charge >= 0.3 is 16.4 Å². The lowest BCUT2D eigenvalue weighted by molar-refractivity contribution is -0.771. The molecule has 238 valence electrons. The number of carboxylic acids is 1. The van der Waals surface area contributed by atoms with E-state index in [0.29, 0.717) is 23.9 Å². The standard InChI is InChI=1S/C24H30N8O10S2/c1-24(2)19(21(34)32(24)42-44(37,38)39)28-20(33)18(15-12-43-23(26)27-15)29-41-17(22(35)36)11-40-14-5-6-16-13(9-14)10-31(30(16)3)8-4-7-25/h5-6,9-10,12,17,19H,4,7-8,11,25H2,1-3H3,(H4-,26,27,28,33,35,36,37,38,39)/p+1/b29-18-/t17?,19-/m1/s1. The number of rotatable bonds is 14. The highest BCUT2D eigenvalue weighted by molar-refractivity contribution is 7.80. The third-order valence-electron chi connectivity index (χ3n) is 6.66. The fraction of sp³-hybridized carbons (Fsp3) is 0.417. The molecule has 18 nitrogen and oxygen atoms in total. The third-order valence-corrected chi connectivity index (χ3v) is 7.67. The number of β-lactam (4-membered cyclic amide) rings is 1. The van der Waals surface area contributed by atoms with Crippen molar-refractivity contribution in [3.8, 4) is 5.75 Å². The molecule has 3 heterocycles. The molecular weight excluding hydrogens is 624 g/mol. The Morgan fingerprint density at radius 1 is 1.34 bits per heavy atom. The second-order valence-corrected chi connectivity index (χ2v) is 12.0. The number of hydroxylamine groups is 2. The van der Waals surface area contributed by atoms with Crippen molar-refractivity contribution in [2.75, 3.05) is 18.9 Å². The number of ether oxygens (including phenoxy) is 1. The van der Waals surface area contributed by atoms with E-state index in [-0.39, 0.29) is 10.8 Å². The number of hydrogen-bond donors (Lipinski definition) is 5. The average Bonchev–Trinajstić information content (AvgIpc) is 3.52. The predicted octanol–water partition coefficient (Wildman–Crippen LogP) is -1.05. The highest BCUT2D eigenvalue weighted by Gasteiger charge is 2.58. The number of amides is 2. The number of anilines is 1. The zero-order valence-corrected chi connectivity index (χ0v) is 25.4. The van der Waals surface area contributed by atoms with Gasteiger partial charge in [0.15, 0.2) is 17.4 Å². The summed E-state index contributed by atoms with van der Waals surface area (Å²) in [5.41, 5.74) is 10.2. The van der Waals surface area contributed by atoms with E-state index in [4.69, 9.17) is 25.6 Å². The number of nitrogens with zero attached hydrogens (tertiary/aromatic N) is 5. The Morgan fingerprint density at radius 2 is 2.07 bits per heavy atom. The molecule has 20 heteroatoms. The van der Waals surface area contributed by atoms with Crippen molar-refractivity contribution >= 4 is 61.3 Å². The molecule has 2 amide bonds. The summed E-state index contributed by atoms with van der Waals surface area (Å²) in [4.78, 5) is 46.8. The van der Waals surface area contributed by atoms with Gasteiger partial charge in [0.1, 0.15) is 29.6 Å². The van der Waals surface area contributed by atoms with Crippen molar-refractivity contribution < 1.29 is 51.0 Å². The molecule has 1 fully saturated rings. The van der Waals surface area contributed by atoms with Crippen molar-refractivity contribution in [2.45, 2.75) is 44.5 Å². The largest absolute Gasteiger partial charge is 0.489 e. The van der Waals surface area contributed by atoms with Gasteiger partial charge in [0.25, 0.3) is 17.9 Å². The number of nitrogens with two attached hydrogens (primary N) is 2. The van der Waals surface area contributed by atoms with Gasteiger partial charge in [0.05, 0.1) is 18.0 Å². The number of oxime groups is 1. The predicted molar refractivity (Wildman–Crippen MR) is 153 cm³/mol. The van der Waals surface area contributed by atoms with Crippen molar-refractivity contribution in [1.82, 2.24) is 20.0 Å². The number of carboxylic acid groups (broad SMARTS) is 1. The van der Waals surface area contributed by atoms with Gasteiger partial charge in [0, 0.05) is 11.8 Å². The van der Waals surface area contributed by atoms with Crippen LogP contribution in [-0.4, -0.2) is 87.1 Å². The second-order valence-electron chi connectivity index (χ2n) is 10.1. The van der Waals surface area contributed by atoms with Gasteiger partial charge in [0.2, 0.25) is 6.20 Å². The van der Waals surface area contributed by atoms with E-state index in [9.17, 15) is 27.9 Å². The molecule has 7 N–H and O–H groups in total. The zero-order chi connectivity index (χ0) is 32.4. The van der Waals surface area contributed by atoms with Crippen molar-refractivity contribution in [3.63, 3.8) is 0 Å². The number of nitrogens with one attached hydrogen (secondary N) is 1. The molecule has 2 atom stereocenters. The van der Waals surface area contributed by atoms with Gasteiger partial charge in [-0.2, -0.15) is 18.2 Å². The van der Waals surface area contributed by atoms with Crippen LogP contribution in [0.15, 0.2) is 34.9 Å². The normalized spacial score (nSPS) is 17.3. The van der Waals surface area contributed by atoms with E-state index >= 15 is 0 Å². The molecule has 0 spiro atoms. The summed E-state index contributed by atoms with van der Waals surface area (Å²) in [7, 11) is -3.11. The second kappa shape index (κ2) is 12.7. The van der Waals surface area contributed by atoms with Crippen LogP contribution >= 0.6 is 11.3 Å². The van der Waals surface area contributed by atoms with E-state index in [1.807, 2.05) is 28.7 Å². The van der Waals surface area contributed by atoms with E-state index in [1.54, 1.807) is 12.1 Å². The van der Waals surface area contributed by atoms with Crippen LogP contribution in [0.4, 0.5) is 5.13 Å². The number of carbonyl (C=O) groups excluding carboxylic acids is 2. The van der Waals surface area contributed by atoms with Crippen molar-refractivity contribution in [1.29, 1.82) is 0 Å². The first-order valence-electron chi connectivity index (χ1n) is 12.9. The summed E-state index contributed by atoms with van der Waals surface area (Å²) in [5, 5.41) is 18.5. The lowest BCUT2D eigenvalue weighted by Crippen LogP contribution is -2.76. The molecule has 3 aromatic rings. The third kappa shape index (κ3) is 7.05. The summed E-state index contributed by atoms with van der Waals surface area (Å²) in [6.45, 7) is 3.50. The molecule has 1 unspecified atom stereocenters. The Balaban J connectivity index is 1.49. The van der Waals surface area contributed by atoms with Crippen LogP contribution < -0.4 is 26.2 Å². The van der Waals surface area contributed by atoms with Crippen molar-refractivity contribution in [3.05, 3.63) is 35.5 Å². The highest BCUT2D eigenvalue weighted by Crippen LogP contribution is 2.33. The molecule has 1 aromatic carbocycles. The van der Waals surface area contributed by atoms with Gasteiger partial charge in [-0.1, -0.05) is 5.16 Å². The van der Waals surface area contributed by atoms with E-state index in [2.05, 4.69) is 19.7 Å². The Kier molecular flexibility index (Phi) is 9.39. The Labute approximate surface area is 254 Å². The average molecular weight is 656 g/mol. The maximum Gasteiger partial charge on any atom is 0.418 e. The van der Waals surface area contributed by atoms with Crippen molar-refractivity contribution in [2.24, 2.45) is 17.9 Å². The van der Waals surface area contributed by atoms with Crippen LogP contribution in [0.25, 0.3) is 10.9 Å². The molecule has 0 radical (unpaired) electrons. The summed E-state index contributed by atoms with van der Waals surface area (Å²) in [5.74, 6) is -3.09. The number of nitrogen functional groups attached to an aromatic ring is 1. The molecule has 0 aliphatic carbocycles. The first-order valence-corrected chi connectivity index (χ1v) is 15.2. The molecule has 44 heavy (non-hydrogen) atoms. The zero-order valence-electron chi connectivity index (χ0n) is 23.7. The Bertz CT molecular complexity index is 1720.